The molecule has 0 bridgehead atoms. The lowest BCUT2D eigenvalue weighted by atomic mass is 10.4. The van der Waals surface area contributed by atoms with Crippen LogP contribution in [0.5, 0.6) is 0 Å². The van der Waals surface area contributed by atoms with Crippen molar-refractivity contribution in [3.63, 3.8) is 0 Å². The predicted molar refractivity (Wildman–Crippen MR) is 67.4 cm³/mol. The lowest BCUT2D eigenvalue weighted by Gasteiger charge is -2.19. The van der Waals surface area contributed by atoms with Gasteiger partial charge >= 0.3 is 5.97 Å². The van der Waals surface area contributed by atoms with Crippen LogP contribution in [-0.2, 0) is 15.6 Å². The third kappa shape index (κ3) is 3.23. The molecule has 0 saturated heterocycles. The molecule has 0 aliphatic heterocycles. The van der Waals surface area contributed by atoms with E-state index in [1.54, 1.807) is 4.90 Å². The Morgan fingerprint density at radius 1 is 1.47 bits per heavy atom. The monoisotopic (exact) mass is 285 g/mol. The number of carbonyl (C=O) groups is 2. The molecular formula is C12H15NO5S. The molecule has 2 rings (SSSR count). The van der Waals surface area contributed by atoms with Crippen molar-refractivity contribution in [1.82, 2.24) is 4.90 Å². The molecule has 1 unspecified atom stereocenters. The molecule has 1 atom stereocenters. The van der Waals surface area contributed by atoms with Crippen molar-refractivity contribution in [2.45, 2.75) is 30.9 Å². The Kier molecular flexibility index (Phi) is 4.04. The zero-order valence-corrected chi connectivity index (χ0v) is 11.3. The van der Waals surface area contributed by atoms with Crippen molar-refractivity contribution in [2.24, 2.45) is 0 Å². The Bertz CT molecular complexity index is 520. The molecule has 1 heterocycles. The van der Waals surface area contributed by atoms with E-state index in [1.807, 2.05) is 6.92 Å². The summed E-state index contributed by atoms with van der Waals surface area (Å²) < 4.78 is 16.9. The van der Waals surface area contributed by atoms with Crippen molar-refractivity contribution in [3.05, 3.63) is 17.9 Å². The van der Waals surface area contributed by atoms with Crippen LogP contribution in [0.3, 0.4) is 0 Å². The maximum atomic E-state index is 12.0. The summed E-state index contributed by atoms with van der Waals surface area (Å²) in [6, 6.07) is 2.85. The van der Waals surface area contributed by atoms with Gasteiger partial charge in [-0.1, -0.05) is 0 Å². The summed E-state index contributed by atoms with van der Waals surface area (Å²) in [7, 11) is -1.64. The van der Waals surface area contributed by atoms with E-state index >= 15 is 0 Å². The van der Waals surface area contributed by atoms with Crippen LogP contribution in [-0.4, -0.2) is 44.4 Å². The van der Waals surface area contributed by atoms with E-state index in [0.717, 1.165) is 12.8 Å². The van der Waals surface area contributed by atoms with Crippen LogP contribution in [0.2, 0.25) is 0 Å². The van der Waals surface area contributed by atoms with Gasteiger partial charge in [-0.15, -0.1) is 0 Å². The zero-order chi connectivity index (χ0) is 14.0. The van der Waals surface area contributed by atoms with Crippen molar-refractivity contribution < 1.29 is 23.3 Å². The van der Waals surface area contributed by atoms with E-state index in [1.165, 1.54) is 12.1 Å². The summed E-state index contributed by atoms with van der Waals surface area (Å²) in [5.74, 6) is -1.85. The van der Waals surface area contributed by atoms with Crippen LogP contribution in [0.15, 0.2) is 21.6 Å². The van der Waals surface area contributed by atoms with Crippen LogP contribution in [0, 0.1) is 0 Å². The summed E-state index contributed by atoms with van der Waals surface area (Å²) in [6.45, 7) is 2.48. The van der Waals surface area contributed by atoms with Gasteiger partial charge in [0, 0.05) is 12.6 Å². The van der Waals surface area contributed by atoms with Gasteiger partial charge in [0.1, 0.15) is 5.75 Å². The zero-order valence-electron chi connectivity index (χ0n) is 10.5. The second-order valence-electron chi connectivity index (χ2n) is 4.32. The number of furan rings is 1. The molecule has 0 radical (unpaired) electrons. The van der Waals surface area contributed by atoms with Crippen molar-refractivity contribution in [2.75, 3.05) is 12.3 Å². The number of nitrogens with zero attached hydrogens (tertiary/aromatic N) is 1. The van der Waals surface area contributed by atoms with Gasteiger partial charge < -0.3 is 14.4 Å². The molecule has 0 spiro atoms. The highest BCUT2D eigenvalue weighted by Gasteiger charge is 2.32. The Labute approximate surface area is 112 Å². The van der Waals surface area contributed by atoms with Crippen LogP contribution in [0.4, 0.5) is 0 Å². The van der Waals surface area contributed by atoms with Gasteiger partial charge in [-0.2, -0.15) is 0 Å². The minimum Gasteiger partial charge on any atom is -0.475 e. The minimum absolute atomic E-state index is 0.0256. The van der Waals surface area contributed by atoms with E-state index in [2.05, 4.69) is 0 Å². The predicted octanol–water partition coefficient (Wildman–Crippen LogP) is 1.10. The van der Waals surface area contributed by atoms with E-state index in [9.17, 15) is 13.8 Å². The Morgan fingerprint density at radius 3 is 2.63 bits per heavy atom. The van der Waals surface area contributed by atoms with E-state index in [4.69, 9.17) is 9.52 Å². The molecule has 7 heteroatoms. The number of hydrogen-bond donors (Lipinski definition) is 1. The number of carbonyl (C=O) groups excluding carboxylic acids is 1. The molecule has 6 nitrogen and oxygen atoms in total. The van der Waals surface area contributed by atoms with Crippen molar-refractivity contribution >= 4 is 22.7 Å². The molecule has 104 valence electrons. The molecule has 1 aliphatic carbocycles. The van der Waals surface area contributed by atoms with Gasteiger partial charge in [0.15, 0.2) is 5.09 Å². The lowest BCUT2D eigenvalue weighted by molar-refractivity contribution is -0.128. The van der Waals surface area contributed by atoms with Crippen molar-refractivity contribution in [3.8, 4) is 0 Å². The summed E-state index contributed by atoms with van der Waals surface area (Å²) in [6.07, 6.45) is 1.99. The molecule has 1 fully saturated rings. The van der Waals surface area contributed by atoms with E-state index < -0.39 is 16.8 Å². The third-order valence-corrected chi connectivity index (χ3v) is 4.10. The number of carboxylic acids is 1. The number of hydrogen-bond acceptors (Lipinski definition) is 4. The molecule has 0 aromatic carbocycles. The van der Waals surface area contributed by atoms with Crippen LogP contribution < -0.4 is 0 Å². The Morgan fingerprint density at radius 2 is 2.16 bits per heavy atom. The Balaban J connectivity index is 1.99. The standard InChI is InChI=1S/C12H15NO5S/c1-2-13(8-3-4-8)10(14)7-19(17)11-6-5-9(18-11)12(15)16/h5-6,8H,2-4,7H2,1H3,(H,15,16). The van der Waals surface area contributed by atoms with E-state index in [0.29, 0.717) is 6.54 Å². The van der Waals surface area contributed by atoms with Crippen molar-refractivity contribution in [1.29, 1.82) is 0 Å². The average Bonchev–Trinajstić information content (AvgIpc) is 3.05. The topological polar surface area (TPSA) is 87.8 Å². The molecule has 1 N–H and O–H groups in total. The first-order valence-electron chi connectivity index (χ1n) is 6.04. The molecular weight excluding hydrogens is 270 g/mol. The van der Waals surface area contributed by atoms with Gasteiger partial charge in [0.05, 0.1) is 10.8 Å². The summed E-state index contributed by atoms with van der Waals surface area (Å²) in [4.78, 5) is 24.3. The minimum atomic E-state index is -1.64. The Hall–Kier alpha value is -1.63. The fraction of sp³-hybridized carbons (Fsp3) is 0.500. The second-order valence-corrected chi connectivity index (χ2v) is 5.71. The number of aromatic carboxylic acids is 1. The quantitative estimate of drug-likeness (QED) is 0.845. The fourth-order valence-corrected chi connectivity index (χ4v) is 2.78. The summed E-state index contributed by atoms with van der Waals surface area (Å²) in [5, 5.41) is 8.73. The average molecular weight is 285 g/mol. The van der Waals surface area contributed by atoms with Gasteiger partial charge in [0.25, 0.3) is 0 Å². The molecule has 1 aromatic rings. The highest BCUT2D eigenvalue weighted by Crippen LogP contribution is 2.26. The molecule has 1 saturated carbocycles. The van der Waals surface area contributed by atoms with E-state index in [-0.39, 0.29) is 28.6 Å². The first-order valence-corrected chi connectivity index (χ1v) is 7.35. The third-order valence-electron chi connectivity index (χ3n) is 2.92. The summed E-state index contributed by atoms with van der Waals surface area (Å²) >= 11 is 0. The first-order chi connectivity index (χ1) is 9.02. The molecule has 1 amide bonds. The van der Waals surface area contributed by atoms with Gasteiger partial charge in [-0.05, 0) is 31.9 Å². The molecule has 19 heavy (non-hydrogen) atoms. The smallest absolute Gasteiger partial charge is 0.371 e. The van der Waals surface area contributed by atoms with Gasteiger partial charge in [0.2, 0.25) is 11.7 Å². The molecule has 1 aliphatic rings. The highest BCUT2D eigenvalue weighted by molar-refractivity contribution is 7.85. The normalized spacial score (nSPS) is 16.1. The van der Waals surface area contributed by atoms with Crippen LogP contribution in [0.25, 0.3) is 0 Å². The number of carboxylic acid groups (broad SMARTS) is 1. The SMILES string of the molecule is CCN(C(=O)CS(=O)c1ccc(C(=O)O)o1)C1CC1. The van der Waals surface area contributed by atoms with Crippen LogP contribution >= 0.6 is 0 Å². The molecule has 1 aromatic heterocycles. The number of amides is 1. The number of rotatable bonds is 6. The maximum absolute atomic E-state index is 12.0. The maximum Gasteiger partial charge on any atom is 0.371 e. The first kappa shape index (κ1) is 13.8. The largest absolute Gasteiger partial charge is 0.475 e. The lowest BCUT2D eigenvalue weighted by Crippen LogP contribution is -2.36. The van der Waals surface area contributed by atoms with Crippen LogP contribution in [0.1, 0.15) is 30.3 Å². The fourth-order valence-electron chi connectivity index (χ4n) is 1.85. The van der Waals surface area contributed by atoms with Gasteiger partial charge in [-0.3, -0.25) is 9.00 Å². The van der Waals surface area contributed by atoms with Gasteiger partial charge in [-0.25, -0.2) is 4.79 Å². The highest BCUT2D eigenvalue weighted by atomic mass is 32.2. The summed E-state index contributed by atoms with van der Waals surface area (Å²) in [5.41, 5.74) is 0. The second kappa shape index (κ2) is 5.56.